The Morgan fingerprint density at radius 1 is 1.20 bits per heavy atom. The summed E-state index contributed by atoms with van der Waals surface area (Å²) < 4.78 is 0. The van der Waals surface area contributed by atoms with Gasteiger partial charge in [0.25, 0.3) is 0 Å². The van der Waals surface area contributed by atoms with Gasteiger partial charge in [-0.3, -0.25) is 4.79 Å². The summed E-state index contributed by atoms with van der Waals surface area (Å²) in [5.74, 6) is -0.738. The van der Waals surface area contributed by atoms with Crippen LogP contribution < -0.4 is 5.32 Å². The summed E-state index contributed by atoms with van der Waals surface area (Å²) in [5, 5.41) is 12.7. The Morgan fingerprint density at radius 3 is 2.07 bits per heavy atom. The monoisotopic (exact) mass is 213 g/mol. The molecule has 0 aromatic heterocycles. The molecule has 0 heterocycles. The SMILES string of the molecule is CC(C)(NC1CCCC1)C(C)(C)C(=O)O. The van der Waals surface area contributed by atoms with E-state index in [2.05, 4.69) is 5.32 Å². The third kappa shape index (κ3) is 2.51. The Balaban J connectivity index is 2.68. The van der Waals surface area contributed by atoms with Crippen molar-refractivity contribution in [1.82, 2.24) is 5.32 Å². The maximum absolute atomic E-state index is 11.2. The zero-order valence-electron chi connectivity index (χ0n) is 10.3. The molecule has 0 radical (unpaired) electrons. The Hall–Kier alpha value is -0.570. The normalized spacial score (nSPS) is 19.5. The average molecular weight is 213 g/mol. The summed E-state index contributed by atoms with van der Waals surface area (Å²) in [6, 6.07) is 0.499. The highest BCUT2D eigenvalue weighted by Crippen LogP contribution is 2.33. The molecule has 3 heteroatoms. The molecule has 0 saturated heterocycles. The van der Waals surface area contributed by atoms with E-state index >= 15 is 0 Å². The molecule has 1 aliphatic carbocycles. The highest BCUT2D eigenvalue weighted by atomic mass is 16.4. The first-order valence-corrected chi connectivity index (χ1v) is 5.78. The van der Waals surface area contributed by atoms with Gasteiger partial charge in [-0.15, -0.1) is 0 Å². The zero-order valence-corrected chi connectivity index (χ0v) is 10.3. The van der Waals surface area contributed by atoms with Crippen molar-refractivity contribution in [3.05, 3.63) is 0 Å². The third-order valence-corrected chi connectivity index (χ3v) is 4.02. The molecule has 0 bridgehead atoms. The molecule has 0 amide bonds. The number of carboxylic acid groups (broad SMARTS) is 1. The van der Waals surface area contributed by atoms with E-state index in [0.29, 0.717) is 6.04 Å². The zero-order chi connectivity index (χ0) is 11.7. The molecule has 3 nitrogen and oxygen atoms in total. The van der Waals surface area contributed by atoms with E-state index in [4.69, 9.17) is 0 Å². The Bertz CT molecular complexity index is 240. The van der Waals surface area contributed by atoms with Gasteiger partial charge in [-0.1, -0.05) is 12.8 Å². The molecule has 15 heavy (non-hydrogen) atoms. The molecule has 1 saturated carbocycles. The Morgan fingerprint density at radius 2 is 1.67 bits per heavy atom. The van der Waals surface area contributed by atoms with Crippen LogP contribution in [0.2, 0.25) is 0 Å². The Labute approximate surface area is 92.3 Å². The van der Waals surface area contributed by atoms with Gasteiger partial charge < -0.3 is 10.4 Å². The summed E-state index contributed by atoms with van der Waals surface area (Å²) in [5.41, 5.74) is -1.11. The minimum atomic E-state index is -0.740. The fourth-order valence-electron chi connectivity index (χ4n) is 2.03. The van der Waals surface area contributed by atoms with E-state index in [9.17, 15) is 9.90 Å². The van der Waals surface area contributed by atoms with E-state index in [0.717, 1.165) is 0 Å². The molecule has 0 spiro atoms. The predicted molar refractivity (Wildman–Crippen MR) is 60.9 cm³/mol. The molecule has 2 N–H and O–H groups in total. The molecule has 88 valence electrons. The number of aliphatic carboxylic acids is 1. The first-order chi connectivity index (χ1) is 6.77. The molecule has 0 aromatic rings. The van der Waals surface area contributed by atoms with Crippen LogP contribution in [-0.2, 0) is 4.79 Å². The van der Waals surface area contributed by atoms with E-state index in [1.54, 1.807) is 13.8 Å². The number of rotatable bonds is 4. The predicted octanol–water partition coefficient (Wildman–Crippen LogP) is 2.41. The molecule has 1 aliphatic rings. The van der Waals surface area contributed by atoms with Gasteiger partial charge in [0.15, 0.2) is 0 Å². The number of hydrogen-bond acceptors (Lipinski definition) is 2. The van der Waals surface area contributed by atoms with Gasteiger partial charge in [0, 0.05) is 11.6 Å². The second kappa shape index (κ2) is 4.12. The number of carboxylic acids is 1. The summed E-state index contributed by atoms with van der Waals surface area (Å²) >= 11 is 0. The molecule has 1 rings (SSSR count). The van der Waals surface area contributed by atoms with Gasteiger partial charge in [-0.25, -0.2) is 0 Å². The van der Waals surface area contributed by atoms with Crippen LogP contribution in [0.25, 0.3) is 0 Å². The van der Waals surface area contributed by atoms with Gasteiger partial charge in [0.2, 0.25) is 0 Å². The lowest BCUT2D eigenvalue weighted by Gasteiger charge is -2.41. The summed E-state index contributed by atoms with van der Waals surface area (Å²) in [4.78, 5) is 11.2. The van der Waals surface area contributed by atoms with Crippen molar-refractivity contribution in [1.29, 1.82) is 0 Å². The van der Waals surface area contributed by atoms with Crippen molar-refractivity contribution in [2.24, 2.45) is 5.41 Å². The van der Waals surface area contributed by atoms with E-state index < -0.39 is 11.4 Å². The van der Waals surface area contributed by atoms with Crippen molar-refractivity contribution >= 4 is 5.97 Å². The van der Waals surface area contributed by atoms with Crippen LogP contribution in [-0.4, -0.2) is 22.7 Å². The van der Waals surface area contributed by atoms with Crippen LogP contribution in [0.3, 0.4) is 0 Å². The lowest BCUT2D eigenvalue weighted by atomic mass is 9.74. The van der Waals surface area contributed by atoms with Crippen molar-refractivity contribution in [2.45, 2.75) is 65.0 Å². The fraction of sp³-hybridized carbons (Fsp3) is 0.917. The van der Waals surface area contributed by atoms with Gasteiger partial charge in [-0.2, -0.15) is 0 Å². The van der Waals surface area contributed by atoms with Gasteiger partial charge in [-0.05, 0) is 40.5 Å². The van der Waals surface area contributed by atoms with E-state index in [-0.39, 0.29) is 5.54 Å². The molecular weight excluding hydrogens is 190 g/mol. The van der Waals surface area contributed by atoms with Crippen molar-refractivity contribution < 1.29 is 9.90 Å². The third-order valence-electron chi connectivity index (χ3n) is 4.02. The summed E-state index contributed by atoms with van der Waals surface area (Å²) in [6.07, 6.45) is 4.89. The van der Waals surface area contributed by atoms with Gasteiger partial charge >= 0.3 is 5.97 Å². The van der Waals surface area contributed by atoms with Crippen LogP contribution in [0, 0.1) is 5.41 Å². The van der Waals surface area contributed by atoms with Crippen molar-refractivity contribution in [3.8, 4) is 0 Å². The molecule has 1 fully saturated rings. The van der Waals surface area contributed by atoms with Crippen LogP contribution >= 0.6 is 0 Å². The van der Waals surface area contributed by atoms with Gasteiger partial charge in [0.1, 0.15) is 0 Å². The highest BCUT2D eigenvalue weighted by Gasteiger charge is 2.44. The molecule has 0 aliphatic heterocycles. The molecule has 0 atom stereocenters. The van der Waals surface area contributed by atoms with Crippen LogP contribution in [0.4, 0.5) is 0 Å². The smallest absolute Gasteiger partial charge is 0.310 e. The summed E-state index contributed by atoms with van der Waals surface area (Å²) in [7, 11) is 0. The number of carbonyl (C=O) groups is 1. The lowest BCUT2D eigenvalue weighted by molar-refractivity contribution is -0.151. The summed E-state index contributed by atoms with van der Waals surface area (Å²) in [6.45, 7) is 7.55. The second-order valence-electron chi connectivity index (χ2n) is 5.68. The van der Waals surface area contributed by atoms with Gasteiger partial charge in [0.05, 0.1) is 5.41 Å². The average Bonchev–Trinajstić information content (AvgIpc) is 2.55. The highest BCUT2D eigenvalue weighted by molar-refractivity contribution is 5.75. The lowest BCUT2D eigenvalue weighted by Crippen LogP contribution is -2.57. The van der Waals surface area contributed by atoms with Crippen LogP contribution in [0.5, 0.6) is 0 Å². The molecular formula is C12H23NO2. The van der Waals surface area contributed by atoms with E-state index in [1.165, 1.54) is 25.7 Å². The van der Waals surface area contributed by atoms with Crippen molar-refractivity contribution in [3.63, 3.8) is 0 Å². The minimum absolute atomic E-state index is 0.367. The fourth-order valence-corrected chi connectivity index (χ4v) is 2.03. The minimum Gasteiger partial charge on any atom is -0.481 e. The van der Waals surface area contributed by atoms with Crippen LogP contribution in [0.1, 0.15) is 53.4 Å². The Kier molecular flexibility index (Phi) is 3.44. The van der Waals surface area contributed by atoms with E-state index in [1.807, 2.05) is 13.8 Å². The second-order valence-corrected chi connectivity index (χ2v) is 5.68. The number of hydrogen-bond donors (Lipinski definition) is 2. The first-order valence-electron chi connectivity index (χ1n) is 5.78. The quantitative estimate of drug-likeness (QED) is 0.754. The standard InChI is InChI=1S/C12H23NO2/c1-11(2,10(14)15)12(3,4)13-9-7-5-6-8-9/h9,13H,5-8H2,1-4H3,(H,14,15). The topological polar surface area (TPSA) is 49.3 Å². The van der Waals surface area contributed by atoms with Crippen LogP contribution in [0.15, 0.2) is 0 Å². The molecule has 0 unspecified atom stereocenters. The molecule has 0 aromatic carbocycles. The first kappa shape index (κ1) is 12.5. The maximum atomic E-state index is 11.2. The number of nitrogens with one attached hydrogen (secondary N) is 1. The van der Waals surface area contributed by atoms with Crippen molar-refractivity contribution in [2.75, 3.05) is 0 Å². The maximum Gasteiger partial charge on any atom is 0.310 e. The largest absolute Gasteiger partial charge is 0.481 e.